The first-order chi connectivity index (χ1) is 11.5. The second-order valence-electron chi connectivity index (χ2n) is 6.23. The lowest BCUT2D eigenvalue weighted by molar-refractivity contribution is 0.533. The zero-order valence-corrected chi connectivity index (χ0v) is 14.6. The van der Waals surface area contributed by atoms with Gasteiger partial charge in [-0.15, -0.1) is 0 Å². The number of thioether (sulfide) groups is 1. The van der Waals surface area contributed by atoms with Gasteiger partial charge in [-0.05, 0) is 44.5 Å². The Bertz CT molecular complexity index is 1020. The molecule has 0 amide bonds. The van der Waals surface area contributed by atoms with E-state index in [1.807, 2.05) is 43.7 Å². The van der Waals surface area contributed by atoms with Gasteiger partial charge in [0.05, 0.1) is 21.4 Å². The predicted octanol–water partition coefficient (Wildman–Crippen LogP) is 4.19. The number of rotatable bonds is 2. The first-order valence-electron chi connectivity index (χ1n) is 7.95. The van der Waals surface area contributed by atoms with Gasteiger partial charge in [0.2, 0.25) is 0 Å². The van der Waals surface area contributed by atoms with Crippen molar-refractivity contribution in [2.24, 2.45) is 4.99 Å². The first kappa shape index (κ1) is 15.2. The number of aliphatic imine (C=N–C) groups is 1. The summed E-state index contributed by atoms with van der Waals surface area (Å²) in [5.41, 5.74) is 2.74. The van der Waals surface area contributed by atoms with Crippen LogP contribution in [0.3, 0.4) is 0 Å². The van der Waals surface area contributed by atoms with Crippen molar-refractivity contribution in [3.8, 4) is 0 Å². The molecule has 0 unspecified atom stereocenters. The minimum absolute atomic E-state index is 0.0501. The van der Waals surface area contributed by atoms with Crippen molar-refractivity contribution in [2.75, 3.05) is 0 Å². The van der Waals surface area contributed by atoms with E-state index in [2.05, 4.69) is 27.2 Å². The molecule has 24 heavy (non-hydrogen) atoms. The van der Waals surface area contributed by atoms with E-state index in [1.165, 1.54) is 0 Å². The number of hydrogen-bond acceptors (Lipinski definition) is 4. The van der Waals surface area contributed by atoms with Crippen molar-refractivity contribution in [1.29, 1.82) is 0 Å². The molecule has 5 nitrogen and oxygen atoms in total. The van der Waals surface area contributed by atoms with E-state index in [1.54, 1.807) is 18.0 Å². The highest BCUT2D eigenvalue weighted by molar-refractivity contribution is 8.14. The van der Waals surface area contributed by atoms with Crippen molar-refractivity contribution < 1.29 is 0 Å². The summed E-state index contributed by atoms with van der Waals surface area (Å²) >= 11 is 1.63. The molecular formula is C18H18N4OS. The Labute approximate surface area is 143 Å². The third-order valence-corrected chi connectivity index (χ3v) is 5.37. The average molecular weight is 338 g/mol. The largest absolute Gasteiger partial charge is 0.271 e. The van der Waals surface area contributed by atoms with Gasteiger partial charge in [0.1, 0.15) is 0 Å². The number of H-pyrrole nitrogens is 1. The Balaban J connectivity index is 1.91. The molecule has 0 bridgehead atoms. The first-order valence-corrected chi connectivity index (χ1v) is 8.83. The van der Waals surface area contributed by atoms with Gasteiger partial charge in [0, 0.05) is 17.6 Å². The van der Waals surface area contributed by atoms with Crippen LogP contribution >= 0.6 is 11.8 Å². The molecule has 0 spiro atoms. The molecular weight excluding hydrogens is 320 g/mol. The lowest BCUT2D eigenvalue weighted by atomic mass is 10.0. The van der Waals surface area contributed by atoms with E-state index in [-0.39, 0.29) is 16.9 Å². The summed E-state index contributed by atoms with van der Waals surface area (Å²) in [6.07, 6.45) is 1.79. The SMILES string of the molecule is CC1=Nc2c(c(=O)[nH]n2C(C)C)[C@@H](c2ccc3ncccc3c2)S1. The van der Waals surface area contributed by atoms with Crippen LogP contribution in [-0.2, 0) is 0 Å². The Morgan fingerprint density at radius 2 is 2.12 bits per heavy atom. The van der Waals surface area contributed by atoms with Gasteiger partial charge in [0.15, 0.2) is 5.82 Å². The van der Waals surface area contributed by atoms with E-state index in [0.717, 1.165) is 32.9 Å². The van der Waals surface area contributed by atoms with Gasteiger partial charge in [-0.2, -0.15) is 0 Å². The molecule has 0 radical (unpaired) electrons. The van der Waals surface area contributed by atoms with Crippen LogP contribution in [0.5, 0.6) is 0 Å². The summed E-state index contributed by atoms with van der Waals surface area (Å²) in [5, 5.41) is 4.94. The lowest BCUT2D eigenvalue weighted by Gasteiger charge is -2.21. The maximum atomic E-state index is 12.6. The molecule has 122 valence electrons. The van der Waals surface area contributed by atoms with Gasteiger partial charge >= 0.3 is 0 Å². The normalized spacial score (nSPS) is 17.2. The lowest BCUT2D eigenvalue weighted by Crippen LogP contribution is -2.13. The summed E-state index contributed by atoms with van der Waals surface area (Å²) in [4.78, 5) is 21.6. The molecule has 2 aromatic heterocycles. The summed E-state index contributed by atoms with van der Waals surface area (Å²) in [6.45, 7) is 6.07. The predicted molar refractivity (Wildman–Crippen MR) is 99.4 cm³/mol. The molecule has 1 N–H and O–H groups in total. The van der Waals surface area contributed by atoms with E-state index in [0.29, 0.717) is 0 Å². The van der Waals surface area contributed by atoms with Crippen LogP contribution < -0.4 is 5.56 Å². The van der Waals surface area contributed by atoms with Crippen molar-refractivity contribution >= 4 is 33.5 Å². The maximum Gasteiger partial charge on any atom is 0.271 e. The van der Waals surface area contributed by atoms with Crippen molar-refractivity contribution in [3.63, 3.8) is 0 Å². The average Bonchev–Trinajstić information content (AvgIpc) is 2.90. The second kappa shape index (κ2) is 5.63. The smallest absolute Gasteiger partial charge is 0.268 e. The molecule has 3 aromatic rings. The number of nitrogens with zero attached hydrogens (tertiary/aromatic N) is 3. The zero-order chi connectivity index (χ0) is 16.8. The molecule has 0 aliphatic carbocycles. The van der Waals surface area contributed by atoms with Crippen LogP contribution in [0.4, 0.5) is 5.82 Å². The van der Waals surface area contributed by atoms with Crippen molar-refractivity contribution in [1.82, 2.24) is 14.8 Å². The fourth-order valence-corrected chi connectivity index (χ4v) is 4.17. The number of nitrogens with one attached hydrogen (secondary N) is 1. The Morgan fingerprint density at radius 3 is 2.92 bits per heavy atom. The third-order valence-electron chi connectivity index (χ3n) is 4.20. The van der Waals surface area contributed by atoms with Crippen LogP contribution in [-0.4, -0.2) is 19.8 Å². The number of fused-ring (bicyclic) bond motifs is 2. The molecule has 0 saturated heterocycles. The van der Waals surface area contributed by atoms with E-state index in [9.17, 15) is 4.79 Å². The highest BCUT2D eigenvalue weighted by Crippen LogP contribution is 2.44. The number of hydrogen-bond donors (Lipinski definition) is 1. The molecule has 6 heteroatoms. The molecule has 0 fully saturated rings. The molecule has 0 saturated carbocycles. The van der Waals surface area contributed by atoms with Crippen molar-refractivity contribution in [3.05, 3.63) is 58.0 Å². The number of benzene rings is 1. The number of pyridine rings is 1. The van der Waals surface area contributed by atoms with Crippen molar-refractivity contribution in [2.45, 2.75) is 32.1 Å². The number of aromatic amines is 1. The van der Waals surface area contributed by atoms with Crippen LogP contribution in [0.25, 0.3) is 10.9 Å². The molecule has 1 atom stereocenters. The molecule has 4 rings (SSSR count). The Kier molecular flexibility index (Phi) is 3.57. The van der Waals surface area contributed by atoms with E-state index in [4.69, 9.17) is 0 Å². The van der Waals surface area contributed by atoms with Crippen LogP contribution in [0.15, 0.2) is 46.3 Å². The second-order valence-corrected chi connectivity index (χ2v) is 7.52. The van der Waals surface area contributed by atoms with Crippen LogP contribution in [0.1, 0.15) is 43.2 Å². The summed E-state index contributed by atoms with van der Waals surface area (Å²) in [5.74, 6) is 0.752. The zero-order valence-electron chi connectivity index (χ0n) is 13.8. The third kappa shape index (κ3) is 2.38. The summed E-state index contributed by atoms with van der Waals surface area (Å²) in [7, 11) is 0. The van der Waals surface area contributed by atoms with Gasteiger partial charge in [-0.3, -0.25) is 19.6 Å². The summed E-state index contributed by atoms with van der Waals surface area (Å²) < 4.78 is 1.86. The molecule has 1 aliphatic heterocycles. The van der Waals surface area contributed by atoms with Crippen LogP contribution in [0.2, 0.25) is 0 Å². The molecule has 1 aromatic carbocycles. The highest BCUT2D eigenvalue weighted by Gasteiger charge is 2.30. The minimum Gasteiger partial charge on any atom is -0.268 e. The Hall–Kier alpha value is -2.34. The van der Waals surface area contributed by atoms with Crippen LogP contribution in [0, 0.1) is 0 Å². The number of aromatic nitrogens is 3. The van der Waals surface area contributed by atoms with Gasteiger partial charge in [-0.25, -0.2) is 4.99 Å². The highest BCUT2D eigenvalue weighted by atomic mass is 32.2. The standard InChI is InChI=1S/C18H18N4OS/c1-10(2)22-17-15(18(23)21-22)16(24-11(3)20-17)13-6-7-14-12(9-13)5-4-8-19-14/h4-10,16H,1-3H3,(H,21,23)/t16-/m1/s1. The minimum atomic E-state index is -0.0567. The summed E-state index contributed by atoms with van der Waals surface area (Å²) in [6, 6.07) is 10.3. The van der Waals surface area contributed by atoms with Gasteiger partial charge < -0.3 is 0 Å². The quantitative estimate of drug-likeness (QED) is 0.762. The van der Waals surface area contributed by atoms with E-state index < -0.39 is 0 Å². The fourth-order valence-electron chi connectivity index (χ4n) is 3.07. The molecule has 3 heterocycles. The van der Waals surface area contributed by atoms with E-state index >= 15 is 0 Å². The molecule has 1 aliphatic rings. The maximum absolute atomic E-state index is 12.6. The van der Waals surface area contributed by atoms with Gasteiger partial charge in [-0.1, -0.05) is 23.9 Å². The Morgan fingerprint density at radius 1 is 1.29 bits per heavy atom. The monoisotopic (exact) mass is 338 g/mol. The van der Waals surface area contributed by atoms with Gasteiger partial charge in [0.25, 0.3) is 5.56 Å². The fraction of sp³-hybridized carbons (Fsp3) is 0.278. The topological polar surface area (TPSA) is 63.0 Å².